The van der Waals surface area contributed by atoms with Crippen LogP contribution in [0.5, 0.6) is 11.5 Å². The fourth-order valence-electron chi connectivity index (χ4n) is 3.41. The van der Waals surface area contributed by atoms with Crippen LogP contribution in [0.2, 0.25) is 0 Å². The van der Waals surface area contributed by atoms with Crippen LogP contribution in [-0.4, -0.2) is 35.5 Å². The smallest absolute Gasteiger partial charge is 0.404 e. The normalized spacial score (nSPS) is 12.1. The summed E-state index contributed by atoms with van der Waals surface area (Å²) in [7, 11) is -4.70. The van der Waals surface area contributed by atoms with Crippen LogP contribution >= 0.6 is 0 Å². The van der Waals surface area contributed by atoms with Gasteiger partial charge in [-0.1, -0.05) is 18.2 Å². The number of aromatic nitrogens is 3. The number of nitrogens with one attached hydrogen (secondary N) is 3. The zero-order valence-electron chi connectivity index (χ0n) is 17.0. The molecule has 0 amide bonds. The van der Waals surface area contributed by atoms with E-state index in [1.807, 2.05) is 4.72 Å². The third-order valence-corrected chi connectivity index (χ3v) is 5.91. The third kappa shape index (κ3) is 5.00. The van der Waals surface area contributed by atoms with E-state index in [9.17, 15) is 26.4 Å². The molecule has 2 heterocycles. The molecule has 4 aromatic rings. The average Bonchev–Trinajstić information content (AvgIpc) is 3.05. The summed E-state index contributed by atoms with van der Waals surface area (Å²) in [6.45, 7) is 1.68. The van der Waals surface area contributed by atoms with Gasteiger partial charge in [-0.15, -0.1) is 0 Å². The molecule has 0 aliphatic carbocycles. The van der Waals surface area contributed by atoms with E-state index in [0.29, 0.717) is 33.5 Å². The summed E-state index contributed by atoms with van der Waals surface area (Å²) in [5.41, 5.74) is 0.700. The molecule has 0 atom stereocenters. The lowest BCUT2D eigenvalue weighted by Gasteiger charge is -2.15. The SMILES string of the molecule is Cc1[nH]c(-c2cc(NS(=O)(=O)CC(F)(F)F)ccc2Oc2ccccc2)c2cn[nH]c(=O)c12. The molecule has 12 heteroatoms. The number of benzene rings is 2. The first-order valence-electron chi connectivity index (χ1n) is 9.53. The number of fused-ring (bicyclic) bond motifs is 1. The van der Waals surface area contributed by atoms with Gasteiger partial charge in [-0.2, -0.15) is 18.3 Å². The number of nitrogens with zero attached hydrogens (tertiary/aromatic N) is 1. The number of aryl methyl sites for hydroxylation is 1. The van der Waals surface area contributed by atoms with E-state index >= 15 is 0 Å². The second-order valence-electron chi connectivity index (χ2n) is 7.22. The Balaban J connectivity index is 1.85. The van der Waals surface area contributed by atoms with Crippen LogP contribution in [0, 0.1) is 6.92 Å². The number of para-hydroxylation sites is 1. The van der Waals surface area contributed by atoms with E-state index in [1.54, 1.807) is 37.3 Å². The standard InChI is InChI=1S/C21H17F3N4O4S/c1-12-18-16(10-25-27-20(18)29)19(26-12)15-9-13(28-33(30,31)11-21(22,23)24)7-8-17(15)32-14-5-3-2-4-6-14/h2-10,26,28H,11H2,1H3,(H,27,29). The van der Waals surface area contributed by atoms with Crippen molar-refractivity contribution < 1.29 is 26.3 Å². The van der Waals surface area contributed by atoms with Gasteiger partial charge in [0, 0.05) is 22.3 Å². The van der Waals surface area contributed by atoms with Gasteiger partial charge in [0.2, 0.25) is 10.0 Å². The van der Waals surface area contributed by atoms with Crippen LogP contribution in [0.25, 0.3) is 22.0 Å². The Kier molecular flexibility index (Phi) is 5.62. The molecule has 0 aliphatic rings. The number of rotatable bonds is 6. The quantitative estimate of drug-likeness (QED) is 0.382. The van der Waals surface area contributed by atoms with Crippen molar-refractivity contribution in [2.45, 2.75) is 13.1 Å². The van der Waals surface area contributed by atoms with Crippen LogP contribution in [0.3, 0.4) is 0 Å². The lowest BCUT2D eigenvalue weighted by Crippen LogP contribution is -2.27. The second kappa shape index (κ2) is 8.28. The number of aromatic amines is 2. The van der Waals surface area contributed by atoms with Gasteiger partial charge in [-0.05, 0) is 37.3 Å². The highest BCUT2D eigenvalue weighted by Crippen LogP contribution is 2.38. The summed E-state index contributed by atoms with van der Waals surface area (Å²) in [6, 6.07) is 12.8. The molecule has 0 bridgehead atoms. The molecule has 0 aliphatic heterocycles. The zero-order valence-corrected chi connectivity index (χ0v) is 17.8. The molecular formula is C21H17F3N4O4S. The molecular weight excluding hydrogens is 461 g/mol. The lowest BCUT2D eigenvalue weighted by molar-refractivity contribution is -0.106. The van der Waals surface area contributed by atoms with Crippen molar-refractivity contribution in [1.82, 2.24) is 15.2 Å². The maximum Gasteiger partial charge on any atom is 0.404 e. The summed E-state index contributed by atoms with van der Waals surface area (Å²) >= 11 is 0. The Morgan fingerprint density at radius 1 is 1.12 bits per heavy atom. The summed E-state index contributed by atoms with van der Waals surface area (Å²) in [5.74, 6) is -1.27. The maximum absolute atomic E-state index is 12.6. The van der Waals surface area contributed by atoms with Crippen LogP contribution < -0.4 is 15.0 Å². The summed E-state index contributed by atoms with van der Waals surface area (Å²) < 4.78 is 69.7. The van der Waals surface area contributed by atoms with E-state index in [2.05, 4.69) is 15.2 Å². The molecule has 4 rings (SSSR count). The van der Waals surface area contributed by atoms with Crippen molar-refractivity contribution in [3.63, 3.8) is 0 Å². The monoisotopic (exact) mass is 478 g/mol. The number of ether oxygens (including phenoxy) is 1. The number of sulfonamides is 1. The fourth-order valence-corrected chi connectivity index (χ4v) is 4.40. The van der Waals surface area contributed by atoms with Crippen LogP contribution in [0.1, 0.15) is 5.69 Å². The number of alkyl halides is 3. The largest absolute Gasteiger partial charge is 0.457 e. The predicted molar refractivity (Wildman–Crippen MR) is 117 cm³/mol. The van der Waals surface area contributed by atoms with E-state index in [-0.39, 0.29) is 11.4 Å². The van der Waals surface area contributed by atoms with E-state index in [0.717, 1.165) is 0 Å². The highest BCUT2D eigenvalue weighted by atomic mass is 32.2. The third-order valence-electron chi connectivity index (χ3n) is 4.66. The van der Waals surface area contributed by atoms with Gasteiger partial charge in [0.05, 0.1) is 17.3 Å². The zero-order chi connectivity index (χ0) is 23.8. The van der Waals surface area contributed by atoms with Gasteiger partial charge in [0.1, 0.15) is 11.5 Å². The van der Waals surface area contributed by atoms with E-state index in [1.165, 1.54) is 24.4 Å². The van der Waals surface area contributed by atoms with Gasteiger partial charge >= 0.3 is 6.18 Å². The van der Waals surface area contributed by atoms with Crippen molar-refractivity contribution in [3.8, 4) is 22.8 Å². The van der Waals surface area contributed by atoms with Gasteiger partial charge in [-0.3, -0.25) is 9.52 Å². The molecule has 8 nitrogen and oxygen atoms in total. The first-order chi connectivity index (χ1) is 15.5. The molecule has 3 N–H and O–H groups in total. The Morgan fingerprint density at radius 3 is 2.55 bits per heavy atom. The van der Waals surface area contributed by atoms with Gasteiger partial charge in [0.15, 0.2) is 5.75 Å². The van der Waals surface area contributed by atoms with Crippen molar-refractivity contribution >= 4 is 26.5 Å². The Morgan fingerprint density at radius 2 is 1.85 bits per heavy atom. The lowest BCUT2D eigenvalue weighted by atomic mass is 10.1. The fraction of sp³-hybridized carbons (Fsp3) is 0.143. The van der Waals surface area contributed by atoms with Crippen LogP contribution in [0.15, 0.2) is 59.5 Å². The van der Waals surface area contributed by atoms with E-state index in [4.69, 9.17) is 4.74 Å². The Bertz CT molecular complexity index is 1480. The Hall–Kier alpha value is -3.80. The molecule has 0 spiro atoms. The minimum Gasteiger partial charge on any atom is -0.457 e. The topological polar surface area (TPSA) is 117 Å². The average molecular weight is 478 g/mol. The number of H-pyrrole nitrogens is 2. The molecule has 0 radical (unpaired) electrons. The minimum absolute atomic E-state index is 0.104. The summed E-state index contributed by atoms with van der Waals surface area (Å²) in [4.78, 5) is 15.3. The molecule has 0 saturated carbocycles. The predicted octanol–water partition coefficient (Wildman–Crippen LogP) is 4.32. The van der Waals surface area contributed by atoms with Gasteiger partial charge in [0.25, 0.3) is 5.56 Å². The molecule has 172 valence electrons. The highest BCUT2D eigenvalue weighted by molar-refractivity contribution is 7.92. The number of hydrogen-bond donors (Lipinski definition) is 3. The first kappa shape index (κ1) is 22.4. The second-order valence-corrected chi connectivity index (χ2v) is 8.94. The van der Waals surface area contributed by atoms with Gasteiger partial charge in [-0.25, -0.2) is 13.5 Å². The number of hydrogen-bond acceptors (Lipinski definition) is 5. The molecule has 33 heavy (non-hydrogen) atoms. The molecule has 0 fully saturated rings. The Labute approximate surface area is 185 Å². The van der Waals surface area contributed by atoms with E-state index < -0.39 is 27.5 Å². The summed E-state index contributed by atoms with van der Waals surface area (Å²) in [6.07, 6.45) is -3.48. The maximum atomic E-state index is 12.6. The number of anilines is 1. The minimum atomic E-state index is -4.90. The van der Waals surface area contributed by atoms with Crippen molar-refractivity contribution in [1.29, 1.82) is 0 Å². The first-order valence-corrected chi connectivity index (χ1v) is 11.2. The highest BCUT2D eigenvalue weighted by Gasteiger charge is 2.35. The molecule has 2 aromatic heterocycles. The number of halogens is 3. The molecule has 0 unspecified atom stereocenters. The van der Waals surface area contributed by atoms with Crippen LogP contribution in [-0.2, 0) is 10.0 Å². The van der Waals surface area contributed by atoms with Crippen molar-refractivity contribution in [3.05, 3.63) is 70.8 Å². The van der Waals surface area contributed by atoms with Gasteiger partial charge < -0.3 is 9.72 Å². The molecule has 0 saturated heterocycles. The van der Waals surface area contributed by atoms with Crippen LogP contribution in [0.4, 0.5) is 18.9 Å². The summed E-state index contributed by atoms with van der Waals surface area (Å²) in [5, 5.41) is 6.93. The molecule has 2 aromatic carbocycles. The van der Waals surface area contributed by atoms with Crippen molar-refractivity contribution in [2.75, 3.05) is 10.5 Å². The van der Waals surface area contributed by atoms with Crippen molar-refractivity contribution in [2.24, 2.45) is 0 Å².